The Labute approximate surface area is 296 Å². The van der Waals surface area contributed by atoms with Gasteiger partial charge in [0.05, 0.1) is 5.92 Å². The molecule has 49 heavy (non-hydrogen) atoms. The van der Waals surface area contributed by atoms with Gasteiger partial charge in [0.2, 0.25) is 0 Å². The molecule has 0 amide bonds. The van der Waals surface area contributed by atoms with Gasteiger partial charge in [-0.15, -0.1) is 0 Å². The highest BCUT2D eigenvalue weighted by atomic mass is 16.5. The molecule has 1 aliphatic carbocycles. The number of anilines is 2. The van der Waals surface area contributed by atoms with Gasteiger partial charge in [0.15, 0.2) is 0 Å². The topological polar surface area (TPSA) is 41.6 Å². The van der Waals surface area contributed by atoms with Crippen molar-refractivity contribution in [3.63, 3.8) is 0 Å². The number of nitrogens with zero attached hydrogens (tertiary/aromatic N) is 1. The molecule has 0 bridgehead atoms. The van der Waals surface area contributed by atoms with E-state index in [9.17, 15) is 4.79 Å². The van der Waals surface area contributed by atoms with E-state index in [4.69, 9.17) is 4.74 Å². The average molecular weight is 661 g/mol. The van der Waals surface area contributed by atoms with E-state index in [1.54, 1.807) is 0 Å². The normalized spacial score (nSPS) is 18.1. The highest BCUT2D eigenvalue weighted by Gasteiger charge is 2.37. The van der Waals surface area contributed by atoms with Crippen LogP contribution in [-0.2, 0) is 9.53 Å². The summed E-state index contributed by atoms with van der Waals surface area (Å²) in [5, 5.41) is 6.41. The second kappa shape index (κ2) is 15.4. The molecule has 5 rings (SSSR count). The Morgan fingerprint density at radius 1 is 0.816 bits per heavy atom. The molecule has 4 nitrogen and oxygen atoms in total. The molecule has 4 unspecified atom stereocenters. The predicted molar refractivity (Wildman–Crippen MR) is 209 cm³/mol. The number of carbonyl (C=O) groups excluding carboxylic acids is 1. The molecular weight excluding hydrogens is 601 g/mol. The Hall–Kier alpha value is -3.79. The molecule has 0 spiro atoms. The number of fused-ring (bicyclic) bond motifs is 1. The first-order valence-electron chi connectivity index (χ1n) is 18.7. The number of rotatable bonds is 11. The molecule has 1 aliphatic rings. The molecule has 262 valence electrons. The van der Waals surface area contributed by atoms with Gasteiger partial charge in [-0.2, -0.15) is 0 Å². The molecule has 0 radical (unpaired) electrons. The molecule has 0 heterocycles. The van der Waals surface area contributed by atoms with Crippen molar-refractivity contribution in [3.05, 3.63) is 107 Å². The lowest BCUT2D eigenvalue weighted by Crippen LogP contribution is -2.38. The fraction of sp³-hybridized carbons (Fsp3) is 0.489. The smallest absolute Gasteiger partial charge is 0.309 e. The number of esters is 1. The number of nitrogens with one attached hydrogen (secondary N) is 1. The van der Waals surface area contributed by atoms with Crippen molar-refractivity contribution in [1.29, 1.82) is 0 Å². The van der Waals surface area contributed by atoms with Crippen LogP contribution >= 0.6 is 0 Å². The summed E-state index contributed by atoms with van der Waals surface area (Å²) in [5.74, 6) is -0.0463. The van der Waals surface area contributed by atoms with Crippen LogP contribution in [0.1, 0.15) is 116 Å². The standard InChI is InChI=1S/C45H60N2O2/c1-10-47(11-2)35-25-23-33(24-26-35)42(32-21-19-31(3)20-22-32)39-27-28-41(38-18-13-12-17-37(38)39)46-34-15-14-16-36(29-34)49-43(48)40(45(7,8)9)30-44(4,5)6/h12-13,17-28,34,36,40,42,46H,10-11,14-16,29-30H2,1-9H3. The summed E-state index contributed by atoms with van der Waals surface area (Å²) in [6.45, 7) is 21.7. The number of ether oxygens (including phenoxy) is 1. The lowest BCUT2D eigenvalue weighted by Gasteiger charge is -2.36. The predicted octanol–water partition coefficient (Wildman–Crippen LogP) is 11.5. The van der Waals surface area contributed by atoms with Crippen LogP contribution in [0.25, 0.3) is 10.8 Å². The fourth-order valence-electron chi connectivity index (χ4n) is 7.68. The van der Waals surface area contributed by atoms with Gasteiger partial charge in [-0.1, -0.05) is 114 Å². The number of benzene rings is 4. The van der Waals surface area contributed by atoms with Gasteiger partial charge in [0.1, 0.15) is 6.10 Å². The first-order chi connectivity index (χ1) is 23.3. The Kier molecular flexibility index (Phi) is 11.5. The minimum atomic E-state index is -0.138. The maximum absolute atomic E-state index is 13.6. The van der Waals surface area contributed by atoms with E-state index in [1.165, 1.54) is 38.7 Å². The van der Waals surface area contributed by atoms with Crippen LogP contribution in [0.2, 0.25) is 0 Å². The van der Waals surface area contributed by atoms with Crippen LogP contribution in [0.3, 0.4) is 0 Å². The third kappa shape index (κ3) is 9.07. The van der Waals surface area contributed by atoms with E-state index in [0.717, 1.165) is 50.9 Å². The van der Waals surface area contributed by atoms with Gasteiger partial charge >= 0.3 is 5.97 Å². The Morgan fingerprint density at radius 3 is 2.02 bits per heavy atom. The zero-order valence-electron chi connectivity index (χ0n) is 31.6. The first kappa shape index (κ1) is 36.5. The fourth-order valence-corrected chi connectivity index (χ4v) is 7.68. The summed E-state index contributed by atoms with van der Waals surface area (Å²) in [6, 6.07) is 31.9. The monoisotopic (exact) mass is 660 g/mol. The number of hydrogen-bond acceptors (Lipinski definition) is 4. The van der Waals surface area contributed by atoms with Crippen molar-refractivity contribution in [2.24, 2.45) is 16.7 Å². The maximum atomic E-state index is 13.6. The molecular formula is C45H60N2O2. The quantitative estimate of drug-likeness (QED) is 0.128. The zero-order chi connectivity index (χ0) is 35.3. The van der Waals surface area contributed by atoms with E-state index in [2.05, 4.69) is 157 Å². The molecule has 4 atom stereocenters. The highest BCUT2D eigenvalue weighted by Crippen LogP contribution is 2.41. The minimum Gasteiger partial charge on any atom is -0.462 e. The van der Waals surface area contributed by atoms with Crippen molar-refractivity contribution in [2.75, 3.05) is 23.3 Å². The van der Waals surface area contributed by atoms with Crippen molar-refractivity contribution < 1.29 is 9.53 Å². The SMILES string of the molecule is CCN(CC)c1ccc(C(c2ccc(C)cc2)c2ccc(NC3CCCC(OC(=O)C(CC(C)(C)C)C(C)(C)C)C3)c3ccccc23)cc1. The lowest BCUT2D eigenvalue weighted by atomic mass is 9.72. The first-order valence-corrected chi connectivity index (χ1v) is 18.7. The van der Waals surface area contributed by atoms with E-state index < -0.39 is 0 Å². The molecule has 4 aromatic carbocycles. The van der Waals surface area contributed by atoms with Crippen molar-refractivity contribution in [3.8, 4) is 0 Å². The summed E-state index contributed by atoms with van der Waals surface area (Å²) in [5.41, 5.74) is 7.50. The van der Waals surface area contributed by atoms with Crippen LogP contribution in [0.5, 0.6) is 0 Å². The minimum absolute atomic E-state index is 0.0323. The number of aryl methyl sites for hydroxylation is 1. The van der Waals surface area contributed by atoms with E-state index in [0.29, 0.717) is 0 Å². The summed E-state index contributed by atoms with van der Waals surface area (Å²) < 4.78 is 6.29. The Bertz CT molecular complexity index is 1670. The lowest BCUT2D eigenvalue weighted by molar-refractivity contribution is -0.161. The van der Waals surface area contributed by atoms with Crippen LogP contribution in [-0.4, -0.2) is 31.2 Å². The molecule has 1 fully saturated rings. The average Bonchev–Trinajstić information content (AvgIpc) is 3.06. The summed E-state index contributed by atoms with van der Waals surface area (Å²) in [6.07, 6.45) is 4.65. The van der Waals surface area contributed by atoms with Crippen LogP contribution in [0, 0.1) is 23.7 Å². The third-order valence-corrected chi connectivity index (χ3v) is 10.4. The summed E-state index contributed by atoms with van der Waals surface area (Å²) >= 11 is 0. The van der Waals surface area contributed by atoms with Crippen LogP contribution < -0.4 is 10.2 Å². The van der Waals surface area contributed by atoms with Gasteiger partial charge in [0, 0.05) is 48.2 Å². The molecule has 1 N–H and O–H groups in total. The maximum Gasteiger partial charge on any atom is 0.309 e. The number of carbonyl (C=O) groups is 1. The van der Waals surface area contributed by atoms with Crippen molar-refractivity contribution >= 4 is 28.1 Å². The summed E-state index contributed by atoms with van der Waals surface area (Å²) in [7, 11) is 0. The van der Waals surface area contributed by atoms with Crippen molar-refractivity contribution in [2.45, 2.75) is 112 Å². The zero-order valence-corrected chi connectivity index (χ0v) is 31.6. The van der Waals surface area contributed by atoms with Crippen LogP contribution in [0.4, 0.5) is 11.4 Å². The molecule has 4 heteroatoms. The summed E-state index contributed by atoms with van der Waals surface area (Å²) in [4.78, 5) is 16.0. The highest BCUT2D eigenvalue weighted by molar-refractivity contribution is 5.97. The van der Waals surface area contributed by atoms with Crippen molar-refractivity contribution in [1.82, 2.24) is 0 Å². The Morgan fingerprint density at radius 2 is 1.43 bits per heavy atom. The second-order valence-corrected chi connectivity index (χ2v) is 16.6. The Balaban J connectivity index is 1.42. The van der Waals surface area contributed by atoms with Gasteiger partial charge in [0.25, 0.3) is 0 Å². The van der Waals surface area contributed by atoms with Gasteiger partial charge in [-0.25, -0.2) is 0 Å². The van der Waals surface area contributed by atoms with E-state index in [1.807, 2.05) is 0 Å². The van der Waals surface area contributed by atoms with Gasteiger partial charge < -0.3 is 15.0 Å². The van der Waals surface area contributed by atoms with E-state index in [-0.39, 0.29) is 40.8 Å². The number of hydrogen-bond donors (Lipinski definition) is 1. The second-order valence-electron chi connectivity index (χ2n) is 16.6. The van der Waals surface area contributed by atoms with Gasteiger partial charge in [-0.05, 0) is 97.6 Å². The van der Waals surface area contributed by atoms with Gasteiger partial charge in [-0.3, -0.25) is 4.79 Å². The third-order valence-electron chi connectivity index (χ3n) is 10.4. The van der Waals surface area contributed by atoms with E-state index >= 15 is 0 Å². The molecule has 1 saturated carbocycles. The van der Waals surface area contributed by atoms with Crippen LogP contribution in [0.15, 0.2) is 84.9 Å². The molecule has 4 aromatic rings. The molecule has 0 saturated heterocycles. The molecule has 0 aromatic heterocycles. The largest absolute Gasteiger partial charge is 0.462 e. The molecule has 0 aliphatic heterocycles.